The quantitative estimate of drug-likeness (QED) is 0.0422. The van der Waals surface area contributed by atoms with Crippen molar-refractivity contribution in [2.24, 2.45) is 17.6 Å². The number of nitrogens with one attached hydrogen (secondary N) is 7. The van der Waals surface area contributed by atoms with Gasteiger partial charge in [0.1, 0.15) is 36.3 Å². The number of thioether (sulfide) groups is 2. The third-order valence-corrected chi connectivity index (χ3v) is 22.1. The van der Waals surface area contributed by atoms with Gasteiger partial charge in [-0.05, 0) is 116 Å². The maximum atomic E-state index is 14.9. The topological polar surface area (TPSA) is 436 Å². The summed E-state index contributed by atoms with van der Waals surface area (Å²) in [6.07, 6.45) is 3.97. The molecule has 33 nitrogen and oxygen atoms in total. The number of primary amides is 1. The van der Waals surface area contributed by atoms with Crippen molar-refractivity contribution in [3.63, 3.8) is 0 Å². The molecule has 4 aliphatic rings. The van der Waals surface area contributed by atoms with Gasteiger partial charge in [0, 0.05) is 134 Å². The fourth-order valence-corrected chi connectivity index (χ4v) is 14.7. The van der Waals surface area contributed by atoms with Gasteiger partial charge in [-0.3, -0.25) is 87.0 Å². The summed E-state index contributed by atoms with van der Waals surface area (Å²) in [4.78, 5) is 176. The molecule has 12 N–H and O–H groups in total. The number of carbonyl (C=O) groups excluding carboxylic acids is 9. The number of aromatic nitrogens is 1. The van der Waals surface area contributed by atoms with E-state index in [1.807, 2.05) is 83.4 Å². The maximum absolute atomic E-state index is 14.9. The number of carboxylic acid groups (broad SMARTS) is 3. The SMILES string of the molecule is CC[C@H](C)[C@@H]1NC(=O)[C@H](CC(C)C)NC(=O)C2(CCN(C(=O)COCCC(C)(C)OCCC(C)(C)OC)CC2)NC(=O)CCSCc2cccc(n2)CSC[C@@H](C(=O)NC2CCN(CC(=O)N[C@@H](CCCCNC(=O)CN3CCN(CC(=O)O)CCN(CC(=O)O)CCN(CC(=O)O)CC3)C(N)=O)CC2)NC1=O. The van der Waals surface area contributed by atoms with Gasteiger partial charge < -0.3 is 77.4 Å². The molecule has 9 amide bonds. The minimum atomic E-state index is -1.50. The van der Waals surface area contributed by atoms with Crippen molar-refractivity contribution in [2.75, 3.05) is 156 Å². The fraction of sp³-hybridized carbons (Fsp3) is 0.767. The molecule has 2 bridgehead atoms. The summed E-state index contributed by atoms with van der Waals surface area (Å²) in [7, 11) is 1.66. The third-order valence-electron chi connectivity index (χ3n) is 20.1. The van der Waals surface area contributed by atoms with Crippen molar-refractivity contribution in [1.29, 1.82) is 0 Å². The molecule has 1 aromatic heterocycles. The number of fused-ring (bicyclic) bond motifs is 2. The number of carbonyl (C=O) groups is 12. The Morgan fingerprint density at radius 2 is 1.24 bits per heavy atom. The van der Waals surface area contributed by atoms with Crippen LogP contribution in [0.4, 0.5) is 0 Å². The molecule has 1 aromatic rings. The highest BCUT2D eigenvalue weighted by Crippen LogP contribution is 2.27. The predicted molar refractivity (Wildman–Crippen MR) is 408 cm³/mol. The zero-order valence-electron chi connectivity index (χ0n) is 64.9. The molecule has 0 unspecified atom stereocenters. The van der Waals surface area contributed by atoms with Crippen LogP contribution in [-0.4, -0.2) is 324 Å². The summed E-state index contributed by atoms with van der Waals surface area (Å²) in [6.45, 7) is 18.2. The number of aliphatic carboxylic acids is 3. The Labute approximate surface area is 644 Å². The Morgan fingerprint density at radius 3 is 1.79 bits per heavy atom. The highest BCUT2D eigenvalue weighted by atomic mass is 32.2. The number of likely N-dealkylation sites (tertiary alicyclic amines) is 2. The average Bonchev–Trinajstić information content (AvgIpc) is 0.791. The molecular weight excluding hydrogens is 1440 g/mol. The van der Waals surface area contributed by atoms with Crippen molar-refractivity contribution >= 4 is 94.6 Å². The van der Waals surface area contributed by atoms with Crippen molar-refractivity contribution < 1.29 is 87.1 Å². The van der Waals surface area contributed by atoms with Crippen LogP contribution in [0, 0.1) is 11.8 Å². The zero-order chi connectivity index (χ0) is 79.6. The van der Waals surface area contributed by atoms with Crippen LogP contribution in [0.25, 0.3) is 0 Å². The molecule has 0 saturated carbocycles. The summed E-state index contributed by atoms with van der Waals surface area (Å²) < 4.78 is 17.5. The fourth-order valence-electron chi connectivity index (χ4n) is 12.9. The molecule has 108 heavy (non-hydrogen) atoms. The van der Waals surface area contributed by atoms with Crippen molar-refractivity contribution in [1.82, 2.24) is 71.6 Å². The van der Waals surface area contributed by atoms with Crippen LogP contribution in [0.15, 0.2) is 18.2 Å². The van der Waals surface area contributed by atoms with Gasteiger partial charge in [0.05, 0.1) is 61.9 Å². The summed E-state index contributed by atoms with van der Waals surface area (Å²) in [5.41, 5.74) is 4.93. The van der Waals surface area contributed by atoms with E-state index in [1.165, 1.54) is 23.5 Å². The maximum Gasteiger partial charge on any atom is 0.317 e. The summed E-state index contributed by atoms with van der Waals surface area (Å²) >= 11 is 2.90. The van der Waals surface area contributed by atoms with E-state index >= 15 is 0 Å². The van der Waals surface area contributed by atoms with Crippen LogP contribution in [0.1, 0.15) is 144 Å². The molecule has 610 valence electrons. The zero-order valence-corrected chi connectivity index (χ0v) is 66.6. The number of hydrogen-bond acceptors (Lipinski definition) is 23. The smallest absolute Gasteiger partial charge is 0.317 e. The number of nitrogens with zero attached hydrogens (tertiary/aromatic N) is 7. The minimum Gasteiger partial charge on any atom is -0.480 e. The van der Waals surface area contributed by atoms with E-state index in [4.69, 9.17) is 24.9 Å². The Morgan fingerprint density at radius 1 is 0.694 bits per heavy atom. The number of piperidine rings is 2. The first kappa shape index (κ1) is 91.8. The number of carboxylic acids is 3. The molecule has 5 heterocycles. The van der Waals surface area contributed by atoms with E-state index in [9.17, 15) is 72.9 Å². The standard InChI is InChI=1S/C73H123N15O18S2/c1-10-51(4)65-69(102)79-57(68(101)77-52-17-25-83(26-18-52)42-60(91)78-55(66(74)99)16-11-12-24-75-59(90)41-84-29-31-85(43-62(93)94)33-35-87(45-64(97)98)36-34-86(32-30-84)44-63(95)96)49-108-48-54-15-13-14-53(76-54)47-107-39-19-58(89)82-73(70(103)80-56(40-50(2)3)67(100)81-65)20-27-88(28-21-73)61(92)46-105-37-22-72(7,8)106-38-23-71(5,6)104-9/h13-15,50-52,55-57,65H,10-12,16-49H2,1-9H3,(H2,74,99)(H,75,90)(H,77,101)(H,78,91)(H,79,102)(H,80,103)(H,81,100)(H,82,89)(H,93,94)(H,95,96)(H,97,98)/t51-,55-,56-,57-,65-/m0/s1. The molecule has 35 heteroatoms. The van der Waals surface area contributed by atoms with Crippen LogP contribution < -0.4 is 43.0 Å². The molecule has 0 radical (unpaired) electrons. The second-order valence-corrected chi connectivity index (χ2v) is 32.5. The minimum absolute atomic E-state index is 0.0522. The molecule has 5 rings (SSSR count). The monoisotopic (exact) mass is 1560 g/mol. The molecule has 1 spiro atoms. The normalized spacial score (nSPS) is 21.2. The Hall–Kier alpha value is -6.83. The first-order chi connectivity index (χ1) is 51.2. The lowest BCUT2D eigenvalue weighted by molar-refractivity contribution is -0.144. The van der Waals surface area contributed by atoms with Crippen molar-refractivity contribution in [3.8, 4) is 0 Å². The first-order valence-electron chi connectivity index (χ1n) is 38.0. The summed E-state index contributed by atoms with van der Waals surface area (Å²) in [5.74, 6) is -6.75. The first-order valence-corrected chi connectivity index (χ1v) is 40.3. The molecule has 4 aliphatic heterocycles. The van der Waals surface area contributed by atoms with Gasteiger partial charge in [0.2, 0.25) is 53.2 Å². The van der Waals surface area contributed by atoms with E-state index in [-0.39, 0.29) is 191 Å². The number of rotatable bonds is 33. The average molecular weight is 1560 g/mol. The number of pyridine rings is 1. The molecular formula is C73H123N15O18S2. The van der Waals surface area contributed by atoms with Crippen molar-refractivity contribution in [2.45, 2.75) is 191 Å². The Bertz CT molecular complexity index is 3070. The Kier molecular flexibility index (Phi) is 39.7. The largest absolute Gasteiger partial charge is 0.480 e. The van der Waals surface area contributed by atoms with Gasteiger partial charge in [0.15, 0.2) is 0 Å². The lowest BCUT2D eigenvalue weighted by atomic mass is 9.85. The second-order valence-electron chi connectivity index (χ2n) is 30.4. The number of ether oxygens (including phenoxy) is 3. The lowest BCUT2D eigenvalue weighted by Gasteiger charge is -2.42. The van der Waals surface area contributed by atoms with Crippen LogP contribution in [0.3, 0.4) is 0 Å². The number of amides is 9. The molecule has 3 fully saturated rings. The molecule has 0 aliphatic carbocycles. The number of unbranched alkanes of at least 4 members (excludes halogenated alkanes) is 1. The highest BCUT2D eigenvalue weighted by Gasteiger charge is 2.46. The van der Waals surface area contributed by atoms with Gasteiger partial charge in [-0.2, -0.15) is 23.5 Å². The van der Waals surface area contributed by atoms with Crippen LogP contribution >= 0.6 is 23.5 Å². The number of methoxy groups -OCH3 is 1. The number of hydrogen-bond donors (Lipinski definition) is 11. The van der Waals surface area contributed by atoms with E-state index in [0.29, 0.717) is 81.9 Å². The second kappa shape index (κ2) is 46.7. The lowest BCUT2D eigenvalue weighted by Crippen LogP contribution is -2.66. The van der Waals surface area contributed by atoms with E-state index in [0.717, 1.165) is 11.4 Å². The summed E-state index contributed by atoms with van der Waals surface area (Å²) in [6, 6.07) is 0.926. The van der Waals surface area contributed by atoms with Gasteiger partial charge in [-0.15, -0.1) is 0 Å². The van der Waals surface area contributed by atoms with Crippen LogP contribution in [0.5, 0.6) is 0 Å². The molecule has 5 atom stereocenters. The van der Waals surface area contributed by atoms with Gasteiger partial charge in [0.25, 0.3) is 0 Å². The van der Waals surface area contributed by atoms with Crippen LogP contribution in [0.2, 0.25) is 0 Å². The molecule has 3 saturated heterocycles. The number of nitrogens with two attached hydrogens (primary N) is 1. The predicted octanol–water partition coefficient (Wildman–Crippen LogP) is 0.305. The van der Waals surface area contributed by atoms with E-state index < -0.39 is 94.6 Å². The van der Waals surface area contributed by atoms with E-state index in [2.05, 4.69) is 37.2 Å². The van der Waals surface area contributed by atoms with E-state index in [1.54, 1.807) is 26.7 Å². The van der Waals surface area contributed by atoms with Gasteiger partial charge in [-0.25, -0.2) is 0 Å². The van der Waals surface area contributed by atoms with Gasteiger partial charge >= 0.3 is 17.9 Å². The summed E-state index contributed by atoms with van der Waals surface area (Å²) in [5, 5.41) is 49.3. The van der Waals surface area contributed by atoms with Crippen LogP contribution in [-0.2, 0) is 83.3 Å². The third kappa shape index (κ3) is 34.6. The van der Waals surface area contributed by atoms with Crippen molar-refractivity contribution in [3.05, 3.63) is 29.6 Å². The Balaban J connectivity index is 1.17. The molecule has 0 aromatic carbocycles. The highest BCUT2D eigenvalue weighted by molar-refractivity contribution is 7.98. The van der Waals surface area contributed by atoms with Gasteiger partial charge in [-0.1, -0.05) is 40.2 Å².